The first-order valence-electron chi connectivity index (χ1n) is 7.33. The maximum absolute atomic E-state index is 11.7. The van der Waals surface area contributed by atoms with Crippen molar-refractivity contribution in [3.05, 3.63) is 23.8 Å². The van der Waals surface area contributed by atoms with E-state index in [0.29, 0.717) is 12.6 Å². The highest BCUT2D eigenvalue weighted by atomic mass is 16.5. The van der Waals surface area contributed by atoms with E-state index in [1.54, 1.807) is 0 Å². The third-order valence-electron chi connectivity index (χ3n) is 3.70. The Labute approximate surface area is 123 Å². The number of benzene rings is 1. The van der Waals surface area contributed by atoms with Crippen molar-refractivity contribution in [1.29, 1.82) is 0 Å². The lowest BCUT2D eigenvalue weighted by atomic mass is 10.2. The van der Waals surface area contributed by atoms with E-state index in [0.717, 1.165) is 36.2 Å². The first-order valence-corrected chi connectivity index (χ1v) is 7.33. The molecule has 2 N–H and O–H groups in total. The average molecular weight is 288 g/mol. The van der Waals surface area contributed by atoms with Gasteiger partial charge in [-0.15, -0.1) is 0 Å². The normalized spacial score (nSPS) is 15.5. The van der Waals surface area contributed by atoms with Crippen molar-refractivity contribution in [3.8, 4) is 0 Å². The van der Waals surface area contributed by atoms with Gasteiger partial charge in [0.1, 0.15) is 6.61 Å². The zero-order valence-corrected chi connectivity index (χ0v) is 12.2. The van der Waals surface area contributed by atoms with Crippen LogP contribution in [0.15, 0.2) is 18.2 Å². The van der Waals surface area contributed by atoms with E-state index in [4.69, 9.17) is 4.74 Å². The zero-order chi connectivity index (χ0) is 14.7. The van der Waals surface area contributed by atoms with Crippen LogP contribution in [0.3, 0.4) is 0 Å². The van der Waals surface area contributed by atoms with Gasteiger partial charge in [-0.3, -0.25) is 10.2 Å². The third-order valence-corrected chi connectivity index (χ3v) is 3.70. The maximum atomic E-state index is 11.7. The van der Waals surface area contributed by atoms with Gasteiger partial charge >= 0.3 is 6.09 Å². The van der Waals surface area contributed by atoms with Crippen LogP contribution in [0.1, 0.15) is 18.4 Å². The average Bonchev–Trinajstić information content (AvgIpc) is 3.07. The topological polar surface area (TPSA) is 70.2 Å². The molecule has 1 aromatic heterocycles. The molecule has 2 heterocycles. The minimum atomic E-state index is -0.468. The van der Waals surface area contributed by atoms with Crippen LogP contribution < -0.4 is 5.32 Å². The lowest BCUT2D eigenvalue weighted by Gasteiger charge is -2.13. The van der Waals surface area contributed by atoms with Crippen molar-refractivity contribution in [2.75, 3.05) is 31.6 Å². The van der Waals surface area contributed by atoms with Gasteiger partial charge in [-0.05, 0) is 50.6 Å². The summed E-state index contributed by atoms with van der Waals surface area (Å²) >= 11 is 0. The summed E-state index contributed by atoms with van der Waals surface area (Å²) in [6.45, 7) is 5.43. The van der Waals surface area contributed by atoms with Gasteiger partial charge in [0.15, 0.2) is 0 Å². The van der Waals surface area contributed by atoms with Crippen LogP contribution in [0, 0.1) is 6.92 Å². The smallest absolute Gasteiger partial charge is 0.414 e. The van der Waals surface area contributed by atoms with Crippen LogP contribution in [-0.4, -0.2) is 47.2 Å². The molecule has 6 nitrogen and oxygen atoms in total. The van der Waals surface area contributed by atoms with Crippen molar-refractivity contribution in [3.63, 3.8) is 0 Å². The van der Waals surface area contributed by atoms with Crippen LogP contribution in [0.4, 0.5) is 10.7 Å². The number of aromatic nitrogens is 2. The van der Waals surface area contributed by atoms with Gasteiger partial charge in [-0.25, -0.2) is 9.78 Å². The van der Waals surface area contributed by atoms with E-state index in [1.165, 1.54) is 12.8 Å². The summed E-state index contributed by atoms with van der Waals surface area (Å²) in [7, 11) is 0. The Hall–Kier alpha value is -2.08. The number of hydrogen-bond acceptors (Lipinski definition) is 4. The lowest BCUT2D eigenvalue weighted by Crippen LogP contribution is -2.26. The molecule has 3 rings (SSSR count). The molecule has 0 unspecified atom stereocenters. The van der Waals surface area contributed by atoms with Crippen molar-refractivity contribution in [2.24, 2.45) is 0 Å². The number of rotatable bonds is 4. The van der Waals surface area contributed by atoms with Crippen molar-refractivity contribution >= 4 is 23.1 Å². The highest BCUT2D eigenvalue weighted by Crippen LogP contribution is 2.15. The summed E-state index contributed by atoms with van der Waals surface area (Å²) in [5.41, 5.74) is 2.88. The number of amides is 1. The molecule has 1 amide bonds. The number of nitrogens with one attached hydrogen (secondary N) is 2. The minimum Gasteiger partial charge on any atom is -0.448 e. The van der Waals surface area contributed by atoms with E-state index in [1.807, 2.05) is 25.1 Å². The number of hydrogen-bond donors (Lipinski definition) is 2. The van der Waals surface area contributed by atoms with Gasteiger partial charge in [0, 0.05) is 6.54 Å². The molecular weight excluding hydrogens is 268 g/mol. The van der Waals surface area contributed by atoms with Crippen LogP contribution in [0.25, 0.3) is 11.0 Å². The Morgan fingerprint density at radius 1 is 1.43 bits per heavy atom. The number of likely N-dealkylation sites (tertiary alicyclic amines) is 1. The number of H-pyrrole nitrogens is 1. The molecule has 21 heavy (non-hydrogen) atoms. The predicted molar refractivity (Wildman–Crippen MR) is 81.5 cm³/mol. The summed E-state index contributed by atoms with van der Waals surface area (Å²) in [4.78, 5) is 21.4. The van der Waals surface area contributed by atoms with Gasteiger partial charge in [-0.2, -0.15) is 0 Å². The quantitative estimate of drug-likeness (QED) is 0.907. The molecule has 2 aromatic rings. The van der Waals surface area contributed by atoms with Gasteiger partial charge < -0.3 is 9.72 Å². The van der Waals surface area contributed by atoms with Crippen LogP contribution >= 0.6 is 0 Å². The second-order valence-electron chi connectivity index (χ2n) is 5.42. The van der Waals surface area contributed by atoms with Gasteiger partial charge in [0.2, 0.25) is 5.95 Å². The zero-order valence-electron chi connectivity index (χ0n) is 12.2. The molecule has 1 aromatic carbocycles. The highest BCUT2D eigenvalue weighted by Gasteiger charge is 2.12. The van der Waals surface area contributed by atoms with Gasteiger partial charge in [0.25, 0.3) is 0 Å². The van der Waals surface area contributed by atoms with Crippen molar-refractivity contribution in [2.45, 2.75) is 19.8 Å². The molecule has 1 aliphatic rings. The van der Waals surface area contributed by atoms with Gasteiger partial charge in [-0.1, -0.05) is 6.07 Å². The standard InChI is InChI=1S/C15H20N4O2/c1-11-4-5-12-13(10-11)17-14(16-12)18-15(20)21-9-8-19-6-2-3-7-19/h4-5,10H,2-3,6-9H2,1H3,(H2,16,17,18,20). The summed E-state index contributed by atoms with van der Waals surface area (Å²) < 4.78 is 5.18. The van der Waals surface area contributed by atoms with E-state index in [9.17, 15) is 4.79 Å². The number of fused-ring (bicyclic) bond motifs is 1. The monoisotopic (exact) mass is 288 g/mol. The molecular formula is C15H20N4O2. The van der Waals surface area contributed by atoms with Crippen molar-refractivity contribution in [1.82, 2.24) is 14.9 Å². The van der Waals surface area contributed by atoms with E-state index in [2.05, 4.69) is 20.2 Å². The number of carbonyl (C=O) groups is 1. The van der Waals surface area contributed by atoms with E-state index < -0.39 is 6.09 Å². The molecule has 0 aliphatic carbocycles. The van der Waals surface area contributed by atoms with Crippen LogP contribution in [0.2, 0.25) is 0 Å². The first-order chi connectivity index (χ1) is 10.2. The summed E-state index contributed by atoms with van der Waals surface area (Å²) in [5, 5.41) is 2.63. The Bertz CT molecular complexity index is 632. The van der Waals surface area contributed by atoms with E-state index >= 15 is 0 Å². The van der Waals surface area contributed by atoms with Gasteiger partial charge in [0.05, 0.1) is 11.0 Å². The Morgan fingerprint density at radius 3 is 3.05 bits per heavy atom. The van der Waals surface area contributed by atoms with E-state index in [-0.39, 0.29) is 0 Å². The molecule has 0 atom stereocenters. The molecule has 1 fully saturated rings. The maximum Gasteiger partial charge on any atom is 0.414 e. The molecule has 6 heteroatoms. The highest BCUT2D eigenvalue weighted by molar-refractivity contribution is 5.86. The fourth-order valence-electron chi connectivity index (χ4n) is 2.59. The number of aryl methyl sites for hydroxylation is 1. The Kier molecular flexibility index (Phi) is 4.06. The minimum absolute atomic E-state index is 0.408. The van der Waals surface area contributed by atoms with Crippen LogP contribution in [0.5, 0.6) is 0 Å². The number of aromatic amines is 1. The number of ether oxygens (including phenoxy) is 1. The second-order valence-corrected chi connectivity index (χ2v) is 5.42. The first kappa shape index (κ1) is 13.9. The van der Waals surface area contributed by atoms with Crippen molar-refractivity contribution < 1.29 is 9.53 Å². The summed E-state index contributed by atoms with van der Waals surface area (Å²) in [6, 6.07) is 5.90. The molecule has 0 bridgehead atoms. The number of nitrogens with zero attached hydrogens (tertiary/aromatic N) is 2. The molecule has 112 valence electrons. The van der Waals surface area contributed by atoms with Crippen LogP contribution in [-0.2, 0) is 4.74 Å². The largest absolute Gasteiger partial charge is 0.448 e. The number of anilines is 1. The molecule has 0 saturated carbocycles. The Morgan fingerprint density at radius 2 is 2.24 bits per heavy atom. The second kappa shape index (κ2) is 6.13. The number of carbonyl (C=O) groups excluding carboxylic acids is 1. The summed E-state index contributed by atoms with van der Waals surface area (Å²) in [5.74, 6) is 0.418. The molecule has 1 aliphatic heterocycles. The predicted octanol–water partition coefficient (Wildman–Crippen LogP) is 2.52. The Balaban J connectivity index is 1.51. The fraction of sp³-hybridized carbons (Fsp3) is 0.467. The number of imidazole rings is 1. The molecule has 0 spiro atoms. The fourth-order valence-corrected chi connectivity index (χ4v) is 2.59. The summed E-state index contributed by atoms with van der Waals surface area (Å²) in [6.07, 6.45) is 2.01. The SMILES string of the molecule is Cc1ccc2nc(NC(=O)OCCN3CCCC3)[nH]c2c1. The lowest BCUT2D eigenvalue weighted by molar-refractivity contribution is 0.146. The third kappa shape index (κ3) is 3.52. The molecule has 0 radical (unpaired) electrons. The molecule has 1 saturated heterocycles.